The summed E-state index contributed by atoms with van der Waals surface area (Å²) in [6.45, 7) is 1.23. The summed E-state index contributed by atoms with van der Waals surface area (Å²) in [5.41, 5.74) is 2.87. The fraction of sp³-hybridized carbons (Fsp3) is 0.341. The summed E-state index contributed by atoms with van der Waals surface area (Å²) in [4.78, 5) is 78.9. The summed E-state index contributed by atoms with van der Waals surface area (Å²) in [6, 6.07) is 12.0. The Balaban J connectivity index is 0.786. The minimum Gasteiger partial charge on any atom is -0.369 e. The maximum atomic E-state index is 15.6. The molecule has 292 valence electrons. The second-order valence-electron chi connectivity index (χ2n) is 15.0. The largest absolute Gasteiger partial charge is 0.369 e. The summed E-state index contributed by atoms with van der Waals surface area (Å²) in [6.07, 6.45) is 6.39. The second-order valence-corrected chi connectivity index (χ2v) is 15.0. The van der Waals surface area contributed by atoms with Crippen LogP contribution in [0.3, 0.4) is 0 Å². The Morgan fingerprint density at radius 3 is 2.37 bits per heavy atom. The molecule has 7 heterocycles. The van der Waals surface area contributed by atoms with Crippen molar-refractivity contribution in [3.05, 3.63) is 84.1 Å². The Bertz CT molecular complexity index is 2500. The van der Waals surface area contributed by atoms with Gasteiger partial charge in [-0.25, -0.2) is 9.37 Å². The number of aromatic nitrogens is 3. The van der Waals surface area contributed by atoms with Crippen molar-refractivity contribution < 1.29 is 37.1 Å². The lowest BCUT2D eigenvalue weighted by atomic mass is 9.92. The van der Waals surface area contributed by atoms with E-state index in [2.05, 4.69) is 25.1 Å². The third kappa shape index (κ3) is 6.46. The molecular formula is C41H37F3N8O5. The number of nitrogens with zero attached hydrogens (tertiary/aromatic N) is 7. The third-order valence-corrected chi connectivity index (χ3v) is 11.8. The van der Waals surface area contributed by atoms with E-state index >= 15 is 4.39 Å². The number of carbonyl (C=O) groups excluding carboxylic acids is 5. The van der Waals surface area contributed by atoms with Gasteiger partial charge in [0.15, 0.2) is 11.6 Å². The first-order valence-corrected chi connectivity index (χ1v) is 19.0. The number of benzene rings is 2. The minimum absolute atomic E-state index is 0.0477. The number of pyridine rings is 2. The van der Waals surface area contributed by atoms with Crippen LogP contribution in [0.5, 0.6) is 0 Å². The molecule has 3 fully saturated rings. The number of hydrogen-bond donors (Lipinski definition) is 1. The van der Waals surface area contributed by atoms with Gasteiger partial charge in [-0.15, -0.1) is 0 Å². The van der Waals surface area contributed by atoms with Gasteiger partial charge in [0.2, 0.25) is 17.7 Å². The maximum Gasteiger partial charge on any atom is 0.319 e. The van der Waals surface area contributed by atoms with Crippen molar-refractivity contribution in [2.24, 2.45) is 5.92 Å². The minimum atomic E-state index is -2.78. The predicted molar refractivity (Wildman–Crippen MR) is 203 cm³/mol. The number of hydrogen-bond acceptors (Lipinski definition) is 9. The lowest BCUT2D eigenvalue weighted by Gasteiger charge is -2.37. The molecule has 1 N–H and O–H groups in total. The van der Waals surface area contributed by atoms with E-state index in [1.807, 2.05) is 6.07 Å². The number of imide groups is 2. The standard InChI is InChI=1S/C41H37F3N8O5/c42-31-18-25(24-1-3-27-30-22-45-10-7-32(30)51(41(43)44)34(27)19-24)21-46-37(31)50-12-9-23(17-36(50)54)8-11-48-13-15-49(16-14-48)26-2-4-28-29(20-26)40(57)52(39(28)56)33-5-6-35(53)47-38(33)55/h1-4,7,10,18-23,33,41H,5-6,8-9,11-17H2,(H,47,53,55). The molecule has 0 saturated carbocycles. The fourth-order valence-corrected chi connectivity index (χ4v) is 8.69. The number of rotatable bonds is 8. The predicted octanol–water partition coefficient (Wildman–Crippen LogP) is 5.14. The molecule has 5 amide bonds. The molecule has 5 aromatic rings. The first-order chi connectivity index (χ1) is 27.5. The first-order valence-electron chi connectivity index (χ1n) is 19.0. The van der Waals surface area contributed by atoms with E-state index in [0.29, 0.717) is 59.0 Å². The van der Waals surface area contributed by atoms with Crippen LogP contribution < -0.4 is 15.1 Å². The van der Waals surface area contributed by atoms with Gasteiger partial charge in [-0.1, -0.05) is 12.1 Å². The van der Waals surface area contributed by atoms with Crippen molar-refractivity contribution in [2.75, 3.05) is 49.1 Å². The van der Waals surface area contributed by atoms with E-state index in [-0.39, 0.29) is 48.0 Å². The molecule has 0 bridgehead atoms. The molecule has 13 nitrogen and oxygen atoms in total. The number of amides is 5. The highest BCUT2D eigenvalue weighted by molar-refractivity contribution is 6.23. The van der Waals surface area contributed by atoms with Gasteiger partial charge in [0, 0.05) is 86.2 Å². The zero-order valence-electron chi connectivity index (χ0n) is 30.7. The summed E-state index contributed by atoms with van der Waals surface area (Å²) in [5.74, 6) is -2.92. The highest BCUT2D eigenvalue weighted by Crippen LogP contribution is 2.37. The number of piperidine rings is 2. The smallest absolute Gasteiger partial charge is 0.319 e. The van der Waals surface area contributed by atoms with Crippen molar-refractivity contribution in [3.63, 3.8) is 0 Å². The van der Waals surface area contributed by atoms with Crippen LogP contribution in [0.25, 0.3) is 32.9 Å². The second kappa shape index (κ2) is 14.4. The quantitative estimate of drug-likeness (QED) is 0.212. The van der Waals surface area contributed by atoms with Crippen LogP contribution in [-0.4, -0.2) is 99.2 Å². The summed E-state index contributed by atoms with van der Waals surface area (Å²) >= 11 is 0. The van der Waals surface area contributed by atoms with Crippen LogP contribution in [0.1, 0.15) is 59.4 Å². The van der Waals surface area contributed by atoms with Crippen molar-refractivity contribution in [2.45, 2.75) is 44.7 Å². The van der Waals surface area contributed by atoms with E-state index in [0.717, 1.165) is 41.2 Å². The Hall–Kier alpha value is -6.16. The lowest BCUT2D eigenvalue weighted by Crippen LogP contribution is -2.54. The number of fused-ring (bicyclic) bond motifs is 4. The van der Waals surface area contributed by atoms with Crippen LogP contribution in [0, 0.1) is 11.7 Å². The van der Waals surface area contributed by atoms with Crippen molar-refractivity contribution in [1.82, 2.24) is 29.7 Å². The molecule has 2 aromatic carbocycles. The maximum absolute atomic E-state index is 15.6. The zero-order chi connectivity index (χ0) is 39.5. The summed E-state index contributed by atoms with van der Waals surface area (Å²) < 4.78 is 44.7. The first kappa shape index (κ1) is 36.5. The highest BCUT2D eigenvalue weighted by atomic mass is 19.3. The monoisotopic (exact) mass is 778 g/mol. The normalized spacial score (nSPS) is 20.7. The van der Waals surface area contributed by atoms with Gasteiger partial charge in [0.1, 0.15) is 6.04 Å². The number of carbonyl (C=O) groups is 5. The van der Waals surface area contributed by atoms with E-state index in [1.54, 1.807) is 36.5 Å². The zero-order valence-corrected chi connectivity index (χ0v) is 30.7. The van der Waals surface area contributed by atoms with Gasteiger partial charge in [-0.3, -0.25) is 53.5 Å². The molecule has 2 unspecified atom stereocenters. The molecule has 0 aliphatic carbocycles. The molecule has 4 aliphatic rings. The number of alkyl halides is 2. The van der Waals surface area contributed by atoms with E-state index < -0.39 is 42.0 Å². The molecule has 9 rings (SSSR count). The van der Waals surface area contributed by atoms with E-state index in [1.165, 1.54) is 29.4 Å². The lowest BCUT2D eigenvalue weighted by molar-refractivity contribution is -0.136. The molecule has 4 aliphatic heterocycles. The van der Waals surface area contributed by atoms with Crippen LogP contribution >= 0.6 is 0 Å². The molecule has 16 heteroatoms. The van der Waals surface area contributed by atoms with Crippen molar-refractivity contribution in [1.29, 1.82) is 0 Å². The Morgan fingerprint density at radius 2 is 1.61 bits per heavy atom. The number of halogens is 3. The van der Waals surface area contributed by atoms with Gasteiger partial charge in [0.05, 0.1) is 22.2 Å². The van der Waals surface area contributed by atoms with Gasteiger partial charge in [-0.05, 0) is 73.7 Å². The van der Waals surface area contributed by atoms with Crippen molar-refractivity contribution in [3.8, 4) is 11.1 Å². The summed E-state index contributed by atoms with van der Waals surface area (Å²) in [7, 11) is 0. The molecule has 0 spiro atoms. The number of anilines is 2. The molecule has 57 heavy (non-hydrogen) atoms. The third-order valence-electron chi connectivity index (χ3n) is 11.8. The molecule has 0 radical (unpaired) electrons. The Kier molecular flexibility index (Phi) is 9.22. The van der Waals surface area contributed by atoms with Gasteiger partial charge >= 0.3 is 6.55 Å². The van der Waals surface area contributed by atoms with Gasteiger partial charge in [-0.2, -0.15) is 8.78 Å². The fourth-order valence-electron chi connectivity index (χ4n) is 8.69. The molecule has 3 saturated heterocycles. The Morgan fingerprint density at radius 1 is 0.807 bits per heavy atom. The van der Waals surface area contributed by atoms with E-state index in [4.69, 9.17) is 0 Å². The topological polar surface area (TPSA) is 141 Å². The van der Waals surface area contributed by atoms with Crippen molar-refractivity contribution >= 4 is 62.8 Å². The van der Waals surface area contributed by atoms with Gasteiger partial charge in [0.25, 0.3) is 11.8 Å². The Labute approximate surface area is 324 Å². The van der Waals surface area contributed by atoms with Crippen LogP contribution in [0.2, 0.25) is 0 Å². The average Bonchev–Trinajstić information content (AvgIpc) is 3.67. The van der Waals surface area contributed by atoms with Crippen LogP contribution in [0.4, 0.5) is 24.7 Å². The number of piperazine rings is 1. The molecular weight excluding hydrogens is 741 g/mol. The summed E-state index contributed by atoms with van der Waals surface area (Å²) in [5, 5.41) is 3.42. The number of nitrogens with one attached hydrogen (secondary N) is 1. The molecule has 3 aromatic heterocycles. The van der Waals surface area contributed by atoms with Crippen LogP contribution in [-0.2, 0) is 14.4 Å². The van der Waals surface area contributed by atoms with E-state index in [9.17, 15) is 32.8 Å². The molecule has 2 atom stereocenters. The SMILES string of the molecule is O=C1CCC(N2C(=O)c3ccc(N4CCN(CCC5CCN(c6ncc(-c7ccc8c9cnccc9n(C(F)F)c8c7)cc6F)C(=O)C5)CC4)cc3C2=O)C(=O)N1. The highest BCUT2D eigenvalue weighted by Gasteiger charge is 2.45. The van der Waals surface area contributed by atoms with Gasteiger partial charge < -0.3 is 4.90 Å². The average molecular weight is 779 g/mol. The van der Waals surface area contributed by atoms with Crippen LogP contribution in [0.15, 0.2) is 67.1 Å².